The van der Waals surface area contributed by atoms with Gasteiger partial charge in [0.2, 0.25) is 5.91 Å². The standard InChI is InChI=1S/C18H19N3O3S.C4H6O6/c1-21(16-4-2-3-9-19-16)10-11-24-14-7-5-13(6-8-14)12-15-17(22)20-18(23)25-15;5-1(3(7)8)2(6)4(9)10/h2-9,15H,10-12H2,1H3,(H,20,22,23);1-2,5-6H,(H,7,8)(H,9,10)/t;1-,2+. The Morgan fingerprint density at radius 1 is 1.09 bits per heavy atom. The van der Waals surface area contributed by atoms with Crippen LogP contribution in [0.2, 0.25) is 0 Å². The summed E-state index contributed by atoms with van der Waals surface area (Å²) in [5.74, 6) is -2.07. The summed E-state index contributed by atoms with van der Waals surface area (Å²) in [7, 11) is 1.97. The van der Waals surface area contributed by atoms with E-state index in [9.17, 15) is 19.2 Å². The van der Waals surface area contributed by atoms with Gasteiger partial charge in [-0.25, -0.2) is 14.6 Å². The van der Waals surface area contributed by atoms with Crippen LogP contribution in [-0.4, -0.2) is 86.2 Å². The molecular weight excluding hydrogens is 482 g/mol. The van der Waals surface area contributed by atoms with E-state index in [1.54, 1.807) is 6.20 Å². The van der Waals surface area contributed by atoms with Gasteiger partial charge in [-0.05, 0) is 36.2 Å². The molecule has 1 aromatic carbocycles. The van der Waals surface area contributed by atoms with Crippen LogP contribution in [0.1, 0.15) is 5.56 Å². The van der Waals surface area contributed by atoms with Crippen molar-refractivity contribution in [1.29, 1.82) is 0 Å². The third-order valence-corrected chi connectivity index (χ3v) is 5.63. The molecule has 0 spiro atoms. The molecule has 2 aromatic rings. The molecule has 0 aliphatic carbocycles. The number of carboxylic acids is 2. The number of imide groups is 1. The third-order valence-electron chi connectivity index (χ3n) is 4.65. The summed E-state index contributed by atoms with van der Waals surface area (Å²) in [4.78, 5) is 48.6. The van der Waals surface area contributed by atoms with Crippen molar-refractivity contribution in [2.75, 3.05) is 25.1 Å². The quantitative estimate of drug-likeness (QED) is 0.298. The molecule has 13 heteroatoms. The van der Waals surface area contributed by atoms with Gasteiger partial charge in [0, 0.05) is 13.2 Å². The lowest BCUT2D eigenvalue weighted by atomic mass is 10.1. The molecular formula is C22H25N3O9S. The van der Waals surface area contributed by atoms with E-state index in [1.165, 1.54) is 0 Å². The fourth-order valence-electron chi connectivity index (χ4n) is 2.73. The number of ether oxygens (including phenoxy) is 1. The van der Waals surface area contributed by atoms with E-state index in [0.717, 1.165) is 35.4 Å². The van der Waals surface area contributed by atoms with E-state index >= 15 is 0 Å². The summed E-state index contributed by atoms with van der Waals surface area (Å²) >= 11 is 1.05. The molecule has 35 heavy (non-hydrogen) atoms. The first-order valence-corrected chi connectivity index (χ1v) is 11.1. The number of nitrogens with one attached hydrogen (secondary N) is 1. The van der Waals surface area contributed by atoms with Crippen LogP contribution in [0.15, 0.2) is 48.7 Å². The third kappa shape index (κ3) is 8.88. The average molecular weight is 508 g/mol. The zero-order chi connectivity index (χ0) is 26.0. The highest BCUT2D eigenvalue weighted by atomic mass is 32.2. The molecule has 12 nitrogen and oxygen atoms in total. The van der Waals surface area contributed by atoms with E-state index in [2.05, 4.69) is 10.3 Å². The van der Waals surface area contributed by atoms with Gasteiger partial charge < -0.3 is 30.1 Å². The van der Waals surface area contributed by atoms with E-state index < -0.39 is 24.1 Å². The predicted octanol–water partition coefficient (Wildman–Crippen LogP) is 0.368. The van der Waals surface area contributed by atoms with Gasteiger partial charge >= 0.3 is 11.9 Å². The van der Waals surface area contributed by atoms with Crippen LogP contribution in [0.5, 0.6) is 5.75 Å². The fourth-order valence-corrected chi connectivity index (χ4v) is 3.59. The number of carbonyl (C=O) groups is 4. The van der Waals surface area contributed by atoms with Gasteiger partial charge in [-0.2, -0.15) is 0 Å². The Hall–Kier alpha value is -3.68. The van der Waals surface area contributed by atoms with Crippen molar-refractivity contribution in [3.8, 4) is 5.75 Å². The van der Waals surface area contributed by atoms with Crippen molar-refractivity contribution in [2.24, 2.45) is 0 Å². The molecule has 188 valence electrons. The molecule has 1 saturated heterocycles. The average Bonchev–Trinajstić information content (AvgIpc) is 3.16. The largest absolute Gasteiger partial charge is 0.492 e. The maximum absolute atomic E-state index is 11.6. The molecule has 5 N–H and O–H groups in total. The monoisotopic (exact) mass is 507 g/mol. The summed E-state index contributed by atoms with van der Waals surface area (Å²) in [5.41, 5.74) is 1.00. The summed E-state index contributed by atoms with van der Waals surface area (Å²) in [6, 6.07) is 13.4. The Labute approximate surface area is 204 Å². The molecule has 2 amide bonds. The molecule has 1 aliphatic rings. The maximum Gasteiger partial charge on any atom is 0.335 e. The van der Waals surface area contributed by atoms with Crippen molar-refractivity contribution in [3.63, 3.8) is 0 Å². The molecule has 0 bridgehead atoms. The number of hydrogen-bond donors (Lipinski definition) is 5. The molecule has 1 aliphatic heterocycles. The fraction of sp³-hybridized carbons (Fsp3) is 0.318. The van der Waals surface area contributed by atoms with E-state index in [0.29, 0.717) is 13.0 Å². The number of pyridine rings is 1. The number of aliphatic carboxylic acids is 2. The molecule has 3 atom stereocenters. The van der Waals surface area contributed by atoms with Crippen molar-refractivity contribution in [1.82, 2.24) is 10.3 Å². The van der Waals surface area contributed by atoms with E-state index in [1.807, 2.05) is 54.4 Å². The van der Waals surface area contributed by atoms with Crippen LogP contribution >= 0.6 is 11.8 Å². The molecule has 0 radical (unpaired) electrons. The van der Waals surface area contributed by atoms with Crippen LogP contribution in [0.25, 0.3) is 0 Å². The molecule has 1 aromatic heterocycles. The van der Waals surface area contributed by atoms with Gasteiger partial charge in [-0.3, -0.25) is 14.9 Å². The number of anilines is 1. The Balaban J connectivity index is 0.000000367. The number of carboxylic acid groups (broad SMARTS) is 2. The Morgan fingerprint density at radius 3 is 2.20 bits per heavy atom. The van der Waals surface area contributed by atoms with Crippen LogP contribution in [0, 0.1) is 0 Å². The lowest BCUT2D eigenvalue weighted by Crippen LogP contribution is -2.39. The molecule has 1 unspecified atom stereocenters. The lowest BCUT2D eigenvalue weighted by Gasteiger charge is -2.18. The number of hydrogen-bond acceptors (Lipinski definition) is 10. The summed E-state index contributed by atoms with van der Waals surface area (Å²) in [6.07, 6.45) is -2.23. The highest BCUT2D eigenvalue weighted by Gasteiger charge is 2.31. The maximum atomic E-state index is 11.6. The topological polar surface area (TPSA) is 187 Å². The minimum Gasteiger partial charge on any atom is -0.492 e. The zero-order valence-electron chi connectivity index (χ0n) is 18.6. The van der Waals surface area contributed by atoms with Gasteiger partial charge in [-0.1, -0.05) is 30.0 Å². The van der Waals surface area contributed by atoms with Crippen molar-refractivity contribution < 1.29 is 44.3 Å². The summed E-state index contributed by atoms with van der Waals surface area (Å²) in [6.45, 7) is 1.27. The zero-order valence-corrected chi connectivity index (χ0v) is 19.4. The van der Waals surface area contributed by atoms with Gasteiger partial charge in [0.1, 0.15) is 18.2 Å². The minimum absolute atomic E-state index is 0.215. The Bertz CT molecular complexity index is 1000. The van der Waals surface area contributed by atoms with Crippen LogP contribution in [0.3, 0.4) is 0 Å². The molecule has 1 fully saturated rings. The van der Waals surface area contributed by atoms with Crippen molar-refractivity contribution in [3.05, 3.63) is 54.2 Å². The molecule has 3 rings (SSSR count). The first-order valence-electron chi connectivity index (χ1n) is 10.3. The predicted molar refractivity (Wildman–Crippen MR) is 125 cm³/mol. The number of nitrogens with zero attached hydrogens (tertiary/aromatic N) is 2. The second kappa shape index (κ2) is 13.3. The normalized spacial score (nSPS) is 16.4. The summed E-state index contributed by atoms with van der Waals surface area (Å²) in [5, 5.41) is 34.2. The summed E-state index contributed by atoms with van der Waals surface area (Å²) < 4.78 is 5.75. The smallest absolute Gasteiger partial charge is 0.335 e. The SMILES string of the molecule is CN(CCOc1ccc(CC2SC(=O)NC2=O)cc1)c1ccccn1.O=C(O)[C@@H](O)[C@@H](O)C(=O)O. The lowest BCUT2D eigenvalue weighted by molar-refractivity contribution is -0.165. The number of carbonyl (C=O) groups excluding carboxylic acids is 2. The van der Waals surface area contributed by atoms with Crippen molar-refractivity contribution in [2.45, 2.75) is 23.9 Å². The number of aromatic nitrogens is 1. The van der Waals surface area contributed by atoms with Crippen molar-refractivity contribution >= 4 is 40.7 Å². The number of thioether (sulfide) groups is 1. The number of aliphatic hydroxyl groups excluding tert-OH is 2. The number of amides is 2. The second-order valence-corrected chi connectivity index (χ2v) is 8.43. The minimum atomic E-state index is -2.27. The molecule has 0 saturated carbocycles. The van der Waals surface area contributed by atoms with E-state index in [4.69, 9.17) is 25.2 Å². The Kier molecular flexibility index (Phi) is 10.5. The highest BCUT2D eigenvalue weighted by Crippen LogP contribution is 2.23. The van der Waals surface area contributed by atoms with Gasteiger partial charge in [0.25, 0.3) is 5.24 Å². The molecule has 2 heterocycles. The van der Waals surface area contributed by atoms with Crippen LogP contribution in [-0.2, 0) is 20.8 Å². The first kappa shape index (κ1) is 27.6. The highest BCUT2D eigenvalue weighted by molar-refractivity contribution is 8.15. The van der Waals surface area contributed by atoms with Gasteiger partial charge in [-0.15, -0.1) is 0 Å². The first-order chi connectivity index (χ1) is 16.6. The Morgan fingerprint density at radius 2 is 1.71 bits per heavy atom. The second-order valence-electron chi connectivity index (χ2n) is 7.26. The number of aliphatic hydroxyl groups is 2. The number of likely N-dealkylation sites (N-methyl/N-ethyl adjacent to an activating group) is 1. The number of rotatable bonds is 10. The van der Waals surface area contributed by atoms with Crippen LogP contribution < -0.4 is 15.0 Å². The number of benzene rings is 1. The van der Waals surface area contributed by atoms with E-state index in [-0.39, 0.29) is 16.4 Å². The van der Waals surface area contributed by atoms with Gasteiger partial charge in [0.15, 0.2) is 12.2 Å². The van der Waals surface area contributed by atoms with Gasteiger partial charge in [0.05, 0.1) is 11.8 Å². The van der Waals surface area contributed by atoms with Crippen LogP contribution in [0.4, 0.5) is 10.6 Å².